The van der Waals surface area contributed by atoms with Crippen molar-refractivity contribution in [2.75, 3.05) is 20.2 Å². The Kier molecular flexibility index (Phi) is 6.94. The van der Waals surface area contributed by atoms with Crippen molar-refractivity contribution in [2.24, 2.45) is 0 Å². The molecule has 136 valence electrons. The van der Waals surface area contributed by atoms with Gasteiger partial charge in [-0.15, -0.1) is 0 Å². The van der Waals surface area contributed by atoms with Crippen molar-refractivity contribution in [1.29, 1.82) is 0 Å². The summed E-state index contributed by atoms with van der Waals surface area (Å²) < 4.78 is 7.16. The molecule has 7 heteroatoms. The van der Waals surface area contributed by atoms with Crippen LogP contribution in [0.4, 0.5) is 4.79 Å². The average Bonchev–Trinajstić information content (AvgIpc) is 3.14. The van der Waals surface area contributed by atoms with E-state index in [0.717, 1.165) is 17.7 Å². The Morgan fingerprint density at radius 2 is 2.00 bits per heavy atom. The number of benzene rings is 1. The number of ether oxygens (including phenoxy) is 1. The Morgan fingerprint density at radius 3 is 2.60 bits per heavy atom. The molecule has 0 saturated carbocycles. The SMILES string of the molecule is CC(C)OCCCNC(=O)N(C)[C@H](C)c1ccc(-n2cncn2)cc1. The monoisotopic (exact) mass is 345 g/mol. The minimum Gasteiger partial charge on any atom is -0.379 e. The molecule has 0 aliphatic heterocycles. The average molecular weight is 345 g/mol. The number of hydrogen-bond donors (Lipinski definition) is 1. The van der Waals surface area contributed by atoms with Gasteiger partial charge in [-0.2, -0.15) is 5.10 Å². The first kappa shape index (κ1) is 18.9. The Morgan fingerprint density at radius 1 is 1.28 bits per heavy atom. The van der Waals surface area contributed by atoms with Gasteiger partial charge in [0.1, 0.15) is 12.7 Å². The van der Waals surface area contributed by atoms with Gasteiger partial charge in [-0.25, -0.2) is 14.5 Å². The van der Waals surface area contributed by atoms with Crippen LogP contribution < -0.4 is 5.32 Å². The number of carbonyl (C=O) groups excluding carboxylic acids is 1. The first-order chi connectivity index (χ1) is 12.0. The second kappa shape index (κ2) is 9.17. The summed E-state index contributed by atoms with van der Waals surface area (Å²) in [6.07, 6.45) is 4.18. The number of amides is 2. The van der Waals surface area contributed by atoms with Gasteiger partial charge in [0.2, 0.25) is 0 Å². The molecular formula is C18H27N5O2. The summed E-state index contributed by atoms with van der Waals surface area (Å²) in [5, 5.41) is 7.03. The van der Waals surface area contributed by atoms with E-state index in [-0.39, 0.29) is 18.2 Å². The van der Waals surface area contributed by atoms with E-state index in [1.54, 1.807) is 23.0 Å². The molecule has 1 atom stereocenters. The molecule has 2 amide bonds. The van der Waals surface area contributed by atoms with Crippen LogP contribution in [0, 0.1) is 0 Å². The molecule has 2 aromatic rings. The molecule has 0 spiro atoms. The van der Waals surface area contributed by atoms with E-state index < -0.39 is 0 Å². The van der Waals surface area contributed by atoms with Crippen molar-refractivity contribution in [2.45, 2.75) is 39.3 Å². The molecule has 1 aromatic heterocycles. The molecule has 1 heterocycles. The zero-order chi connectivity index (χ0) is 18.2. The molecule has 0 aliphatic carbocycles. The fourth-order valence-electron chi connectivity index (χ4n) is 2.36. The molecule has 0 unspecified atom stereocenters. The highest BCUT2D eigenvalue weighted by atomic mass is 16.5. The fraction of sp³-hybridized carbons (Fsp3) is 0.500. The zero-order valence-electron chi connectivity index (χ0n) is 15.3. The first-order valence-electron chi connectivity index (χ1n) is 8.56. The van der Waals surface area contributed by atoms with Crippen molar-refractivity contribution < 1.29 is 9.53 Å². The predicted molar refractivity (Wildman–Crippen MR) is 96.6 cm³/mol. The molecule has 0 bridgehead atoms. The summed E-state index contributed by atoms with van der Waals surface area (Å²) in [6, 6.07) is 7.82. The van der Waals surface area contributed by atoms with Gasteiger partial charge in [0, 0.05) is 20.2 Å². The number of carbonyl (C=O) groups is 1. The van der Waals surface area contributed by atoms with Crippen LogP contribution in [0.5, 0.6) is 0 Å². The van der Waals surface area contributed by atoms with Crippen LogP contribution in [0.2, 0.25) is 0 Å². The third-order valence-electron chi connectivity index (χ3n) is 4.01. The van der Waals surface area contributed by atoms with Crippen LogP contribution in [0.3, 0.4) is 0 Å². The van der Waals surface area contributed by atoms with Crippen molar-refractivity contribution in [3.8, 4) is 5.69 Å². The Hall–Kier alpha value is -2.41. The summed E-state index contributed by atoms with van der Waals surface area (Å²) >= 11 is 0. The summed E-state index contributed by atoms with van der Waals surface area (Å²) in [4.78, 5) is 17.9. The number of nitrogens with zero attached hydrogens (tertiary/aromatic N) is 4. The molecule has 1 aromatic carbocycles. The molecule has 0 aliphatic rings. The van der Waals surface area contributed by atoms with E-state index in [1.165, 1.54) is 6.33 Å². The lowest BCUT2D eigenvalue weighted by molar-refractivity contribution is 0.0771. The summed E-state index contributed by atoms with van der Waals surface area (Å²) in [7, 11) is 1.80. The van der Waals surface area contributed by atoms with Gasteiger partial charge < -0.3 is 15.0 Å². The molecule has 0 fully saturated rings. The highest BCUT2D eigenvalue weighted by molar-refractivity contribution is 5.74. The van der Waals surface area contributed by atoms with E-state index in [0.29, 0.717) is 13.2 Å². The highest BCUT2D eigenvalue weighted by Crippen LogP contribution is 2.20. The minimum absolute atomic E-state index is 0.0308. The van der Waals surface area contributed by atoms with Crippen LogP contribution in [-0.2, 0) is 4.74 Å². The lowest BCUT2D eigenvalue weighted by atomic mass is 10.1. The Labute approximate surface area is 149 Å². The maximum absolute atomic E-state index is 12.3. The lowest BCUT2D eigenvalue weighted by Gasteiger charge is -2.25. The van der Waals surface area contributed by atoms with Crippen molar-refractivity contribution in [3.63, 3.8) is 0 Å². The molecule has 0 radical (unpaired) electrons. The topological polar surface area (TPSA) is 72.3 Å². The summed E-state index contributed by atoms with van der Waals surface area (Å²) in [5.74, 6) is 0. The number of aromatic nitrogens is 3. The van der Waals surface area contributed by atoms with Gasteiger partial charge in [0.15, 0.2) is 0 Å². The van der Waals surface area contributed by atoms with E-state index in [2.05, 4.69) is 15.4 Å². The van der Waals surface area contributed by atoms with Gasteiger partial charge in [0.05, 0.1) is 17.8 Å². The molecule has 1 N–H and O–H groups in total. The standard InChI is InChI=1S/C18H27N5O2/c1-14(2)25-11-5-10-20-18(24)22(4)15(3)16-6-8-17(9-7-16)23-13-19-12-21-23/h6-9,12-15H,5,10-11H2,1-4H3,(H,20,24)/t15-/m1/s1. The normalized spacial score (nSPS) is 12.2. The Balaban J connectivity index is 1.84. The van der Waals surface area contributed by atoms with Crippen LogP contribution in [0.25, 0.3) is 5.69 Å². The largest absolute Gasteiger partial charge is 0.379 e. The molecule has 7 nitrogen and oxygen atoms in total. The van der Waals surface area contributed by atoms with Gasteiger partial charge >= 0.3 is 6.03 Å². The summed E-state index contributed by atoms with van der Waals surface area (Å²) in [5.41, 5.74) is 2.00. The van der Waals surface area contributed by atoms with E-state index in [9.17, 15) is 4.79 Å². The number of nitrogens with one attached hydrogen (secondary N) is 1. The van der Waals surface area contributed by atoms with E-state index in [4.69, 9.17) is 4.74 Å². The summed E-state index contributed by atoms with van der Waals surface area (Å²) in [6.45, 7) is 7.27. The van der Waals surface area contributed by atoms with Gasteiger partial charge in [-0.3, -0.25) is 0 Å². The van der Waals surface area contributed by atoms with Crippen molar-refractivity contribution >= 4 is 6.03 Å². The Bertz CT molecular complexity index is 640. The van der Waals surface area contributed by atoms with Crippen LogP contribution in [0.1, 0.15) is 38.8 Å². The zero-order valence-corrected chi connectivity index (χ0v) is 15.3. The maximum atomic E-state index is 12.3. The van der Waals surface area contributed by atoms with Crippen molar-refractivity contribution in [1.82, 2.24) is 25.0 Å². The lowest BCUT2D eigenvalue weighted by Crippen LogP contribution is -2.39. The maximum Gasteiger partial charge on any atom is 0.317 e. The second-order valence-electron chi connectivity index (χ2n) is 6.22. The van der Waals surface area contributed by atoms with Gasteiger partial charge in [0.25, 0.3) is 0 Å². The smallest absolute Gasteiger partial charge is 0.317 e. The van der Waals surface area contributed by atoms with Crippen LogP contribution >= 0.6 is 0 Å². The molecule has 0 saturated heterocycles. The predicted octanol–water partition coefficient (Wildman–Crippen LogP) is 2.78. The van der Waals surface area contributed by atoms with Crippen molar-refractivity contribution in [3.05, 3.63) is 42.5 Å². The molecular weight excluding hydrogens is 318 g/mol. The third-order valence-corrected chi connectivity index (χ3v) is 4.01. The molecule has 2 rings (SSSR count). The fourth-order valence-corrected chi connectivity index (χ4v) is 2.36. The van der Waals surface area contributed by atoms with Crippen LogP contribution in [0.15, 0.2) is 36.9 Å². The number of hydrogen-bond acceptors (Lipinski definition) is 4. The quantitative estimate of drug-likeness (QED) is 0.747. The second-order valence-corrected chi connectivity index (χ2v) is 6.22. The third kappa shape index (κ3) is 5.56. The molecule has 25 heavy (non-hydrogen) atoms. The minimum atomic E-state index is -0.0857. The van der Waals surface area contributed by atoms with E-state index >= 15 is 0 Å². The first-order valence-corrected chi connectivity index (χ1v) is 8.56. The number of rotatable bonds is 8. The number of urea groups is 1. The highest BCUT2D eigenvalue weighted by Gasteiger charge is 2.17. The van der Waals surface area contributed by atoms with Gasteiger partial charge in [-0.05, 0) is 44.9 Å². The van der Waals surface area contributed by atoms with Crippen LogP contribution in [-0.4, -0.2) is 52.0 Å². The van der Waals surface area contributed by atoms with E-state index in [1.807, 2.05) is 45.0 Å². The van der Waals surface area contributed by atoms with Gasteiger partial charge in [-0.1, -0.05) is 12.1 Å².